The molecule has 4 nitrogen and oxygen atoms in total. The Morgan fingerprint density at radius 1 is 1.05 bits per heavy atom. The van der Waals surface area contributed by atoms with Gasteiger partial charge in [-0.15, -0.1) is 0 Å². The SMILES string of the molecule is CC(COC(=O)/C=C/C(=O)OC(C)C(F)(F)F)CC(C)(C)C. The summed E-state index contributed by atoms with van der Waals surface area (Å²) < 4.78 is 45.5. The Morgan fingerprint density at radius 3 is 2.00 bits per heavy atom. The van der Waals surface area contributed by atoms with Gasteiger partial charge in [-0.25, -0.2) is 9.59 Å². The third-order valence-electron chi connectivity index (χ3n) is 2.58. The van der Waals surface area contributed by atoms with Crippen LogP contribution < -0.4 is 0 Å². The van der Waals surface area contributed by atoms with Crippen molar-refractivity contribution in [2.45, 2.75) is 53.3 Å². The van der Waals surface area contributed by atoms with Crippen LogP contribution in [0.25, 0.3) is 0 Å². The van der Waals surface area contributed by atoms with Crippen molar-refractivity contribution in [2.24, 2.45) is 11.3 Å². The molecule has 7 heteroatoms. The van der Waals surface area contributed by atoms with Gasteiger partial charge in [0.15, 0.2) is 6.10 Å². The molecule has 2 unspecified atom stereocenters. The van der Waals surface area contributed by atoms with Gasteiger partial charge in [0.2, 0.25) is 0 Å². The van der Waals surface area contributed by atoms with Gasteiger partial charge in [0, 0.05) is 12.2 Å². The minimum Gasteiger partial charge on any atom is -0.462 e. The van der Waals surface area contributed by atoms with Gasteiger partial charge in [-0.2, -0.15) is 13.2 Å². The molecule has 22 heavy (non-hydrogen) atoms. The molecule has 0 aliphatic rings. The molecule has 0 aromatic rings. The zero-order valence-electron chi connectivity index (χ0n) is 13.5. The number of esters is 2. The Bertz CT molecular complexity index is 408. The molecule has 0 radical (unpaired) electrons. The topological polar surface area (TPSA) is 52.6 Å². The third kappa shape index (κ3) is 10.2. The molecule has 0 heterocycles. The first kappa shape index (κ1) is 20.5. The monoisotopic (exact) mass is 324 g/mol. The van der Waals surface area contributed by atoms with Crippen LogP contribution in [0.4, 0.5) is 13.2 Å². The predicted octanol–water partition coefficient (Wildman–Crippen LogP) is 3.65. The largest absolute Gasteiger partial charge is 0.462 e. The summed E-state index contributed by atoms with van der Waals surface area (Å²) in [5.74, 6) is -1.91. The van der Waals surface area contributed by atoms with Gasteiger partial charge in [0.05, 0.1) is 6.61 Å². The summed E-state index contributed by atoms with van der Waals surface area (Å²) in [6.45, 7) is 8.98. The van der Waals surface area contributed by atoms with Gasteiger partial charge in [0.1, 0.15) is 0 Å². The van der Waals surface area contributed by atoms with Gasteiger partial charge in [-0.3, -0.25) is 0 Å². The first-order valence-corrected chi connectivity index (χ1v) is 6.93. The number of hydrogen-bond donors (Lipinski definition) is 0. The van der Waals surface area contributed by atoms with Gasteiger partial charge in [-0.1, -0.05) is 27.7 Å². The lowest BCUT2D eigenvalue weighted by atomic mass is 9.86. The molecule has 0 aromatic carbocycles. The lowest BCUT2D eigenvalue weighted by molar-refractivity contribution is -0.213. The van der Waals surface area contributed by atoms with Crippen LogP contribution in [0.1, 0.15) is 41.0 Å². The van der Waals surface area contributed by atoms with Crippen molar-refractivity contribution in [1.82, 2.24) is 0 Å². The summed E-state index contributed by atoms with van der Waals surface area (Å²) >= 11 is 0. The van der Waals surface area contributed by atoms with E-state index in [1.807, 2.05) is 6.92 Å². The van der Waals surface area contributed by atoms with Crippen LogP contribution in [0.15, 0.2) is 12.2 Å². The molecule has 0 aromatic heterocycles. The van der Waals surface area contributed by atoms with E-state index in [-0.39, 0.29) is 17.9 Å². The van der Waals surface area contributed by atoms with Crippen molar-refractivity contribution in [2.75, 3.05) is 6.61 Å². The fraction of sp³-hybridized carbons (Fsp3) is 0.733. The lowest BCUT2D eigenvalue weighted by Gasteiger charge is -2.22. The number of hydrogen-bond acceptors (Lipinski definition) is 4. The Labute approximate surface area is 128 Å². The molecule has 0 bridgehead atoms. The minimum atomic E-state index is -4.63. The molecule has 0 aliphatic heterocycles. The normalized spacial score (nSPS) is 15.5. The molecule has 0 spiro atoms. The standard InChI is InChI=1S/C15H23F3O4/c1-10(8-14(3,4)5)9-21-12(19)6-7-13(20)22-11(2)15(16,17)18/h6-7,10-11H,8-9H2,1-5H3/b7-6+. The second-order valence-corrected chi connectivity index (χ2v) is 6.45. The van der Waals surface area contributed by atoms with Crippen LogP contribution in [-0.2, 0) is 19.1 Å². The lowest BCUT2D eigenvalue weighted by Crippen LogP contribution is -2.30. The molecular formula is C15H23F3O4. The van der Waals surface area contributed by atoms with Crippen molar-refractivity contribution >= 4 is 11.9 Å². The van der Waals surface area contributed by atoms with E-state index >= 15 is 0 Å². The van der Waals surface area contributed by atoms with E-state index < -0.39 is 24.2 Å². The van der Waals surface area contributed by atoms with E-state index in [0.717, 1.165) is 12.5 Å². The highest BCUT2D eigenvalue weighted by atomic mass is 19.4. The Kier molecular flexibility index (Phi) is 7.62. The van der Waals surface area contributed by atoms with Gasteiger partial charge >= 0.3 is 18.1 Å². The van der Waals surface area contributed by atoms with E-state index in [1.165, 1.54) is 0 Å². The minimum absolute atomic E-state index is 0.0964. The Balaban J connectivity index is 4.18. The molecule has 0 fully saturated rings. The molecule has 0 N–H and O–H groups in total. The van der Waals surface area contributed by atoms with E-state index in [9.17, 15) is 22.8 Å². The second-order valence-electron chi connectivity index (χ2n) is 6.45. The quantitative estimate of drug-likeness (QED) is 0.553. The van der Waals surface area contributed by atoms with Crippen LogP contribution >= 0.6 is 0 Å². The summed E-state index contributed by atoms with van der Waals surface area (Å²) in [5, 5.41) is 0. The molecule has 2 atom stereocenters. The van der Waals surface area contributed by atoms with Crippen molar-refractivity contribution in [3.8, 4) is 0 Å². The zero-order valence-corrected chi connectivity index (χ0v) is 13.5. The number of rotatable bonds is 6. The number of carbonyl (C=O) groups excluding carboxylic acids is 2. The summed E-state index contributed by atoms with van der Waals surface area (Å²) in [4.78, 5) is 22.5. The molecule has 0 saturated heterocycles. The smallest absolute Gasteiger partial charge is 0.425 e. The highest BCUT2D eigenvalue weighted by Crippen LogP contribution is 2.24. The maximum Gasteiger partial charge on any atom is 0.425 e. The Morgan fingerprint density at radius 2 is 1.55 bits per heavy atom. The molecular weight excluding hydrogens is 301 g/mol. The molecule has 0 saturated carbocycles. The van der Waals surface area contributed by atoms with Crippen LogP contribution in [0.3, 0.4) is 0 Å². The highest BCUT2D eigenvalue weighted by molar-refractivity contribution is 5.91. The molecule has 128 valence electrons. The number of ether oxygens (including phenoxy) is 2. The van der Waals surface area contributed by atoms with Crippen molar-refractivity contribution in [1.29, 1.82) is 0 Å². The summed E-state index contributed by atoms with van der Waals surface area (Å²) in [6, 6.07) is 0. The van der Waals surface area contributed by atoms with Crippen LogP contribution in [-0.4, -0.2) is 30.8 Å². The van der Waals surface area contributed by atoms with Crippen molar-refractivity contribution < 1.29 is 32.2 Å². The number of alkyl halides is 3. The Hall–Kier alpha value is -1.53. The first-order valence-electron chi connectivity index (χ1n) is 6.93. The highest BCUT2D eigenvalue weighted by Gasteiger charge is 2.38. The molecule has 0 aliphatic carbocycles. The number of carbonyl (C=O) groups is 2. The maximum atomic E-state index is 12.2. The average Bonchev–Trinajstić information content (AvgIpc) is 2.30. The maximum absolute atomic E-state index is 12.2. The summed E-state index contributed by atoms with van der Waals surface area (Å²) in [7, 11) is 0. The second kappa shape index (κ2) is 8.19. The van der Waals surface area contributed by atoms with E-state index in [1.54, 1.807) is 0 Å². The molecule has 0 amide bonds. The average molecular weight is 324 g/mol. The summed E-state index contributed by atoms with van der Waals surface area (Å²) in [5.41, 5.74) is 0.0964. The van der Waals surface area contributed by atoms with Crippen LogP contribution in [0, 0.1) is 11.3 Å². The van der Waals surface area contributed by atoms with Crippen LogP contribution in [0.2, 0.25) is 0 Å². The number of halogens is 3. The first-order chi connectivity index (χ1) is 9.81. The fourth-order valence-corrected chi connectivity index (χ4v) is 1.79. The van der Waals surface area contributed by atoms with E-state index in [0.29, 0.717) is 13.0 Å². The third-order valence-corrected chi connectivity index (χ3v) is 2.58. The van der Waals surface area contributed by atoms with Crippen LogP contribution in [0.5, 0.6) is 0 Å². The van der Waals surface area contributed by atoms with Crippen molar-refractivity contribution in [3.05, 3.63) is 12.2 Å². The predicted molar refractivity (Wildman–Crippen MR) is 74.9 cm³/mol. The fourth-order valence-electron chi connectivity index (χ4n) is 1.79. The van der Waals surface area contributed by atoms with Gasteiger partial charge in [0.25, 0.3) is 0 Å². The zero-order chi connectivity index (χ0) is 17.6. The molecule has 0 rings (SSSR count). The van der Waals surface area contributed by atoms with E-state index in [4.69, 9.17) is 4.74 Å². The summed E-state index contributed by atoms with van der Waals surface area (Å²) in [6.07, 6.45) is -4.64. The van der Waals surface area contributed by atoms with E-state index in [2.05, 4.69) is 25.5 Å². The van der Waals surface area contributed by atoms with Gasteiger partial charge in [-0.05, 0) is 24.7 Å². The van der Waals surface area contributed by atoms with Crippen molar-refractivity contribution in [3.63, 3.8) is 0 Å². The van der Waals surface area contributed by atoms with Gasteiger partial charge < -0.3 is 9.47 Å².